The van der Waals surface area contributed by atoms with Crippen molar-refractivity contribution in [3.05, 3.63) is 0 Å². The Hall–Kier alpha value is -0.650. The minimum Gasteiger partial charge on any atom is -0.396 e. The number of aliphatic hydroxyl groups is 1. The van der Waals surface area contributed by atoms with Crippen LogP contribution in [0.3, 0.4) is 0 Å². The van der Waals surface area contributed by atoms with Crippen molar-refractivity contribution < 1.29 is 9.90 Å². The summed E-state index contributed by atoms with van der Waals surface area (Å²) in [5.41, 5.74) is 5.59. The Morgan fingerprint density at radius 1 is 1.50 bits per heavy atom. The largest absolute Gasteiger partial charge is 0.396 e. The van der Waals surface area contributed by atoms with Crippen LogP contribution in [0.15, 0.2) is 0 Å². The van der Waals surface area contributed by atoms with Gasteiger partial charge in [-0.1, -0.05) is 6.92 Å². The van der Waals surface area contributed by atoms with Gasteiger partial charge < -0.3 is 21.5 Å². The fourth-order valence-electron chi connectivity index (χ4n) is 1.45. The van der Waals surface area contributed by atoms with Crippen molar-refractivity contribution in [3.8, 4) is 0 Å². The molecule has 0 bridgehead atoms. The number of amides is 1. The van der Waals surface area contributed by atoms with Crippen LogP contribution in [-0.2, 0) is 4.79 Å². The molecule has 0 aliphatic carbocycles. The van der Waals surface area contributed by atoms with Gasteiger partial charge in [0.25, 0.3) is 0 Å². The van der Waals surface area contributed by atoms with Crippen LogP contribution in [-0.4, -0.2) is 42.8 Å². The van der Waals surface area contributed by atoms with Crippen LogP contribution in [0.25, 0.3) is 0 Å². The number of aliphatic hydroxyl groups excluding tert-OH is 1. The molecule has 0 aromatic carbocycles. The fraction of sp³-hybridized carbons (Fsp3) is 0.909. The molecule has 0 rings (SSSR count). The number of carbonyl (C=O) groups excluding carboxylic acids is 1. The normalized spacial score (nSPS) is 14.5. The number of hydrogen-bond acceptors (Lipinski definition) is 4. The van der Waals surface area contributed by atoms with Gasteiger partial charge in [0, 0.05) is 38.2 Å². The maximum absolute atomic E-state index is 11.5. The third-order valence-electron chi connectivity index (χ3n) is 2.37. The molecular weight excluding hydrogens is 206 g/mol. The quantitative estimate of drug-likeness (QED) is 0.434. The number of hydrogen-bond donors (Lipinski definition) is 4. The van der Waals surface area contributed by atoms with Gasteiger partial charge in [-0.3, -0.25) is 4.79 Å². The molecule has 1 amide bonds. The molecule has 5 N–H and O–H groups in total. The topological polar surface area (TPSA) is 87.4 Å². The lowest BCUT2D eigenvalue weighted by atomic mass is 10.1. The monoisotopic (exact) mass is 231 g/mol. The number of carbonyl (C=O) groups is 1. The average Bonchev–Trinajstić information content (AvgIpc) is 2.25. The van der Waals surface area contributed by atoms with Gasteiger partial charge in [-0.15, -0.1) is 0 Å². The molecule has 0 saturated heterocycles. The van der Waals surface area contributed by atoms with Crippen LogP contribution < -0.4 is 16.4 Å². The van der Waals surface area contributed by atoms with Crippen molar-refractivity contribution in [2.45, 2.75) is 45.2 Å². The van der Waals surface area contributed by atoms with E-state index >= 15 is 0 Å². The lowest BCUT2D eigenvalue weighted by Gasteiger charge is -2.21. The molecule has 5 nitrogen and oxygen atoms in total. The van der Waals surface area contributed by atoms with Gasteiger partial charge in [-0.25, -0.2) is 0 Å². The van der Waals surface area contributed by atoms with Crippen LogP contribution in [0.1, 0.15) is 33.1 Å². The summed E-state index contributed by atoms with van der Waals surface area (Å²) in [6.07, 6.45) is 2.01. The van der Waals surface area contributed by atoms with E-state index in [1.807, 2.05) is 13.8 Å². The molecule has 96 valence electrons. The third kappa shape index (κ3) is 7.62. The summed E-state index contributed by atoms with van der Waals surface area (Å²) in [6, 6.07) is 0.163. The van der Waals surface area contributed by atoms with E-state index in [9.17, 15) is 4.79 Å². The highest BCUT2D eigenvalue weighted by Crippen LogP contribution is 1.96. The SMILES string of the molecule is CCCNC(=O)CC(CN)NC(C)CCO. The van der Waals surface area contributed by atoms with Crippen LogP contribution in [0.2, 0.25) is 0 Å². The van der Waals surface area contributed by atoms with Gasteiger partial charge in [0.1, 0.15) is 0 Å². The molecular formula is C11H25N3O2. The van der Waals surface area contributed by atoms with E-state index in [1.165, 1.54) is 0 Å². The van der Waals surface area contributed by atoms with Crippen molar-refractivity contribution in [1.82, 2.24) is 10.6 Å². The van der Waals surface area contributed by atoms with E-state index in [-0.39, 0.29) is 24.6 Å². The number of nitrogens with two attached hydrogens (primary N) is 1. The van der Waals surface area contributed by atoms with E-state index in [1.54, 1.807) is 0 Å². The van der Waals surface area contributed by atoms with Crippen molar-refractivity contribution in [2.24, 2.45) is 5.73 Å². The van der Waals surface area contributed by atoms with E-state index in [2.05, 4.69) is 10.6 Å². The average molecular weight is 231 g/mol. The zero-order valence-electron chi connectivity index (χ0n) is 10.3. The molecule has 0 heterocycles. The molecule has 0 aliphatic heterocycles. The Balaban J connectivity index is 3.85. The third-order valence-corrected chi connectivity index (χ3v) is 2.37. The zero-order valence-corrected chi connectivity index (χ0v) is 10.3. The van der Waals surface area contributed by atoms with Crippen molar-refractivity contribution >= 4 is 5.91 Å². The van der Waals surface area contributed by atoms with Crippen LogP contribution in [0.4, 0.5) is 0 Å². The molecule has 0 aromatic heterocycles. The summed E-state index contributed by atoms with van der Waals surface area (Å²) in [4.78, 5) is 11.5. The maximum atomic E-state index is 11.5. The fourth-order valence-corrected chi connectivity index (χ4v) is 1.45. The predicted molar refractivity (Wildman–Crippen MR) is 65.1 cm³/mol. The second kappa shape index (κ2) is 9.57. The molecule has 0 aromatic rings. The highest BCUT2D eigenvalue weighted by Gasteiger charge is 2.13. The summed E-state index contributed by atoms with van der Waals surface area (Å²) in [5.74, 6) is 0.0287. The molecule has 0 fully saturated rings. The van der Waals surface area contributed by atoms with Crippen LogP contribution in [0, 0.1) is 0 Å². The first-order valence-electron chi connectivity index (χ1n) is 5.97. The Morgan fingerprint density at radius 3 is 2.69 bits per heavy atom. The first-order valence-corrected chi connectivity index (χ1v) is 5.97. The molecule has 2 atom stereocenters. The van der Waals surface area contributed by atoms with Gasteiger partial charge in [-0.05, 0) is 19.8 Å². The Labute approximate surface area is 97.8 Å². The zero-order chi connectivity index (χ0) is 12.4. The van der Waals surface area contributed by atoms with Gasteiger partial charge in [-0.2, -0.15) is 0 Å². The summed E-state index contributed by atoms with van der Waals surface area (Å²) < 4.78 is 0. The second-order valence-corrected chi connectivity index (χ2v) is 4.07. The van der Waals surface area contributed by atoms with Crippen molar-refractivity contribution in [1.29, 1.82) is 0 Å². The van der Waals surface area contributed by atoms with Gasteiger partial charge >= 0.3 is 0 Å². The minimum absolute atomic E-state index is 0.0154. The van der Waals surface area contributed by atoms with Crippen molar-refractivity contribution in [3.63, 3.8) is 0 Å². The van der Waals surface area contributed by atoms with E-state index < -0.39 is 0 Å². The lowest BCUT2D eigenvalue weighted by molar-refractivity contribution is -0.121. The summed E-state index contributed by atoms with van der Waals surface area (Å²) >= 11 is 0. The number of nitrogens with one attached hydrogen (secondary N) is 2. The second-order valence-electron chi connectivity index (χ2n) is 4.07. The number of rotatable bonds is 9. The predicted octanol–water partition coefficient (Wildman–Crippen LogP) is -0.409. The highest BCUT2D eigenvalue weighted by molar-refractivity contribution is 5.76. The van der Waals surface area contributed by atoms with Crippen molar-refractivity contribution in [2.75, 3.05) is 19.7 Å². The van der Waals surface area contributed by atoms with Gasteiger partial charge in [0.15, 0.2) is 0 Å². The van der Waals surface area contributed by atoms with Gasteiger partial charge in [0.05, 0.1) is 0 Å². The summed E-state index contributed by atoms with van der Waals surface area (Å²) in [7, 11) is 0. The molecule has 0 aliphatic rings. The summed E-state index contributed by atoms with van der Waals surface area (Å²) in [6.45, 7) is 5.27. The first kappa shape index (κ1) is 15.3. The Bertz CT molecular complexity index is 188. The molecule has 0 saturated carbocycles. The molecule has 16 heavy (non-hydrogen) atoms. The molecule has 2 unspecified atom stereocenters. The molecule has 0 radical (unpaired) electrons. The Kier molecular flexibility index (Phi) is 9.18. The van der Waals surface area contributed by atoms with E-state index in [4.69, 9.17) is 10.8 Å². The van der Waals surface area contributed by atoms with Gasteiger partial charge in [0.2, 0.25) is 5.91 Å². The lowest BCUT2D eigenvalue weighted by Crippen LogP contribution is -2.44. The minimum atomic E-state index is -0.0154. The highest BCUT2D eigenvalue weighted by atomic mass is 16.3. The standard InChI is InChI=1S/C11H25N3O2/c1-3-5-13-11(16)7-10(8-12)14-9(2)4-6-15/h9-10,14-15H,3-8,12H2,1-2H3,(H,13,16). The smallest absolute Gasteiger partial charge is 0.221 e. The summed E-state index contributed by atoms with van der Waals surface area (Å²) in [5, 5.41) is 14.8. The molecule has 0 spiro atoms. The van der Waals surface area contributed by atoms with Crippen LogP contribution >= 0.6 is 0 Å². The van der Waals surface area contributed by atoms with Crippen LogP contribution in [0.5, 0.6) is 0 Å². The van der Waals surface area contributed by atoms with E-state index in [0.717, 1.165) is 6.42 Å². The molecule has 5 heteroatoms. The van der Waals surface area contributed by atoms with E-state index in [0.29, 0.717) is 25.9 Å². The maximum Gasteiger partial charge on any atom is 0.221 e. The Morgan fingerprint density at radius 2 is 2.19 bits per heavy atom. The first-order chi connectivity index (χ1) is 7.63.